The summed E-state index contributed by atoms with van der Waals surface area (Å²) >= 11 is 7.57. The first-order chi connectivity index (χ1) is 9.28. The van der Waals surface area contributed by atoms with Gasteiger partial charge in [-0.1, -0.05) is 17.7 Å². The van der Waals surface area contributed by atoms with Gasteiger partial charge in [-0.05, 0) is 39.8 Å². The van der Waals surface area contributed by atoms with E-state index in [2.05, 4.69) is 31.1 Å². The summed E-state index contributed by atoms with van der Waals surface area (Å²) in [4.78, 5) is 5.56. The Labute approximate surface area is 128 Å². The van der Waals surface area contributed by atoms with E-state index >= 15 is 0 Å². The van der Waals surface area contributed by atoms with Crippen LogP contribution in [0.4, 0.5) is 4.39 Å². The largest absolute Gasteiger partial charge is 0.307 e. The highest BCUT2D eigenvalue weighted by Gasteiger charge is 2.17. The van der Waals surface area contributed by atoms with E-state index in [1.54, 1.807) is 12.1 Å². The maximum atomic E-state index is 13.9. The molecule has 0 saturated carbocycles. The molecule has 2 rings (SSSR count). The molecule has 1 aromatic carbocycles. The van der Waals surface area contributed by atoms with E-state index in [1.165, 1.54) is 17.4 Å². The lowest BCUT2D eigenvalue weighted by Gasteiger charge is -2.19. The van der Waals surface area contributed by atoms with Gasteiger partial charge < -0.3 is 5.32 Å². The molecule has 1 N–H and O–H groups in total. The van der Waals surface area contributed by atoms with E-state index in [-0.39, 0.29) is 11.4 Å². The molecule has 2 aromatic rings. The van der Waals surface area contributed by atoms with Gasteiger partial charge in [0.25, 0.3) is 0 Å². The van der Waals surface area contributed by atoms with Crippen LogP contribution in [0.2, 0.25) is 5.02 Å². The Kier molecular flexibility index (Phi) is 4.47. The van der Waals surface area contributed by atoms with E-state index in [4.69, 9.17) is 11.6 Å². The molecule has 0 amide bonds. The van der Waals surface area contributed by atoms with Crippen molar-refractivity contribution in [1.82, 2.24) is 10.3 Å². The first-order valence-electron chi connectivity index (χ1n) is 6.43. The van der Waals surface area contributed by atoms with Crippen LogP contribution in [-0.4, -0.2) is 10.5 Å². The van der Waals surface area contributed by atoms with Crippen molar-refractivity contribution in [2.24, 2.45) is 0 Å². The minimum absolute atomic E-state index is 0.0340. The van der Waals surface area contributed by atoms with Crippen molar-refractivity contribution in [1.29, 1.82) is 0 Å². The van der Waals surface area contributed by atoms with Crippen LogP contribution < -0.4 is 5.32 Å². The maximum absolute atomic E-state index is 13.9. The molecule has 0 fully saturated rings. The van der Waals surface area contributed by atoms with Crippen LogP contribution in [0.25, 0.3) is 10.6 Å². The average Bonchev–Trinajstić information content (AvgIpc) is 2.67. The summed E-state index contributed by atoms with van der Waals surface area (Å²) < 4.78 is 13.9. The zero-order valence-electron chi connectivity index (χ0n) is 12.1. The standard InChI is InChI=1S/C15H18ClFN2S/c1-9-12(8-18-15(2,3)4)20-14(19-9)13-10(16)6-5-7-11(13)17/h5-7,18H,8H2,1-4H3. The van der Waals surface area contributed by atoms with E-state index in [0.717, 1.165) is 17.1 Å². The summed E-state index contributed by atoms with van der Waals surface area (Å²) in [7, 11) is 0. The molecule has 0 saturated heterocycles. The molecule has 0 aliphatic rings. The van der Waals surface area contributed by atoms with Crippen LogP contribution in [0.15, 0.2) is 18.2 Å². The van der Waals surface area contributed by atoms with Crippen molar-refractivity contribution in [3.05, 3.63) is 39.6 Å². The molecule has 0 radical (unpaired) electrons. The number of rotatable bonds is 3. The molecule has 1 aromatic heterocycles. The molecule has 20 heavy (non-hydrogen) atoms. The Morgan fingerprint density at radius 2 is 2.05 bits per heavy atom. The maximum Gasteiger partial charge on any atom is 0.134 e. The van der Waals surface area contributed by atoms with Crippen molar-refractivity contribution in [3.63, 3.8) is 0 Å². The van der Waals surface area contributed by atoms with Crippen molar-refractivity contribution >= 4 is 22.9 Å². The monoisotopic (exact) mass is 312 g/mol. The van der Waals surface area contributed by atoms with E-state index in [9.17, 15) is 4.39 Å². The Hall–Kier alpha value is -0.970. The minimum Gasteiger partial charge on any atom is -0.307 e. The molecule has 0 unspecified atom stereocenters. The SMILES string of the molecule is Cc1nc(-c2c(F)cccc2Cl)sc1CNC(C)(C)C. The second-order valence-electron chi connectivity index (χ2n) is 5.73. The minimum atomic E-state index is -0.332. The first-order valence-corrected chi connectivity index (χ1v) is 7.63. The highest BCUT2D eigenvalue weighted by atomic mass is 35.5. The fourth-order valence-electron chi connectivity index (χ4n) is 1.75. The van der Waals surface area contributed by atoms with Crippen LogP contribution in [0.5, 0.6) is 0 Å². The lowest BCUT2D eigenvalue weighted by atomic mass is 10.1. The molecule has 108 valence electrons. The Morgan fingerprint density at radius 1 is 1.35 bits per heavy atom. The van der Waals surface area contributed by atoms with Crippen molar-refractivity contribution in [3.8, 4) is 10.6 Å². The number of hydrogen-bond acceptors (Lipinski definition) is 3. The fraction of sp³-hybridized carbons (Fsp3) is 0.400. The summed E-state index contributed by atoms with van der Waals surface area (Å²) in [6.45, 7) is 8.99. The number of halogens is 2. The summed E-state index contributed by atoms with van der Waals surface area (Å²) in [5.41, 5.74) is 1.34. The number of thiazole rings is 1. The number of benzene rings is 1. The van der Waals surface area contributed by atoms with Gasteiger partial charge in [-0.2, -0.15) is 0 Å². The second kappa shape index (κ2) is 5.80. The molecule has 0 atom stereocenters. The quantitative estimate of drug-likeness (QED) is 0.880. The summed E-state index contributed by atoms with van der Waals surface area (Å²) in [6, 6.07) is 4.69. The molecule has 0 aliphatic carbocycles. The van der Waals surface area contributed by atoms with Gasteiger partial charge in [-0.3, -0.25) is 0 Å². The van der Waals surface area contributed by atoms with Gasteiger partial charge in [0.1, 0.15) is 10.8 Å². The molecular formula is C15H18ClFN2S. The first kappa shape index (κ1) is 15.4. The zero-order valence-corrected chi connectivity index (χ0v) is 13.6. The van der Waals surface area contributed by atoms with Gasteiger partial charge in [0, 0.05) is 17.0 Å². The molecule has 5 heteroatoms. The van der Waals surface area contributed by atoms with Crippen molar-refractivity contribution < 1.29 is 4.39 Å². The highest BCUT2D eigenvalue weighted by molar-refractivity contribution is 7.15. The van der Waals surface area contributed by atoms with Gasteiger partial charge in [-0.15, -0.1) is 11.3 Å². The van der Waals surface area contributed by atoms with Crippen LogP contribution in [0.3, 0.4) is 0 Å². The lowest BCUT2D eigenvalue weighted by Crippen LogP contribution is -2.34. The number of hydrogen-bond donors (Lipinski definition) is 1. The number of aromatic nitrogens is 1. The number of nitrogens with one attached hydrogen (secondary N) is 1. The highest BCUT2D eigenvalue weighted by Crippen LogP contribution is 2.34. The van der Waals surface area contributed by atoms with Gasteiger partial charge >= 0.3 is 0 Å². The van der Waals surface area contributed by atoms with Crippen molar-refractivity contribution in [2.45, 2.75) is 39.8 Å². The van der Waals surface area contributed by atoms with Crippen LogP contribution in [0, 0.1) is 12.7 Å². The van der Waals surface area contributed by atoms with Crippen molar-refractivity contribution in [2.75, 3.05) is 0 Å². The molecule has 0 bridgehead atoms. The molecule has 0 aliphatic heterocycles. The van der Waals surface area contributed by atoms with Crippen LogP contribution in [0.1, 0.15) is 31.3 Å². The smallest absolute Gasteiger partial charge is 0.134 e. The lowest BCUT2D eigenvalue weighted by molar-refractivity contribution is 0.425. The summed E-state index contributed by atoms with van der Waals surface area (Å²) in [5, 5.41) is 4.45. The molecule has 0 spiro atoms. The third-order valence-electron chi connectivity index (χ3n) is 2.85. The Morgan fingerprint density at radius 3 is 2.65 bits per heavy atom. The number of aryl methyl sites for hydroxylation is 1. The van der Waals surface area contributed by atoms with E-state index in [0.29, 0.717) is 15.6 Å². The van der Waals surface area contributed by atoms with E-state index in [1.807, 2.05) is 6.92 Å². The zero-order chi connectivity index (χ0) is 14.9. The summed E-state index contributed by atoms with van der Waals surface area (Å²) in [5.74, 6) is -0.332. The average molecular weight is 313 g/mol. The predicted octanol–water partition coefficient (Wildman–Crippen LogP) is 4.80. The molecule has 2 nitrogen and oxygen atoms in total. The Bertz CT molecular complexity index is 597. The number of nitrogens with zero attached hydrogens (tertiary/aromatic N) is 1. The van der Waals surface area contributed by atoms with Crippen LogP contribution in [-0.2, 0) is 6.54 Å². The normalized spacial score (nSPS) is 11.9. The van der Waals surface area contributed by atoms with E-state index < -0.39 is 0 Å². The molecule has 1 heterocycles. The molecular weight excluding hydrogens is 295 g/mol. The third kappa shape index (κ3) is 3.57. The third-order valence-corrected chi connectivity index (χ3v) is 4.34. The van der Waals surface area contributed by atoms with Crippen LogP contribution >= 0.6 is 22.9 Å². The Balaban J connectivity index is 2.32. The van der Waals surface area contributed by atoms with Gasteiger partial charge in [0.2, 0.25) is 0 Å². The topological polar surface area (TPSA) is 24.9 Å². The van der Waals surface area contributed by atoms with Gasteiger partial charge in [0.05, 0.1) is 16.3 Å². The van der Waals surface area contributed by atoms with Gasteiger partial charge in [0.15, 0.2) is 0 Å². The predicted molar refractivity (Wildman–Crippen MR) is 83.8 cm³/mol. The summed E-state index contributed by atoms with van der Waals surface area (Å²) in [6.07, 6.45) is 0. The fourth-order valence-corrected chi connectivity index (χ4v) is 3.12. The van der Waals surface area contributed by atoms with Gasteiger partial charge in [-0.25, -0.2) is 9.37 Å². The second-order valence-corrected chi connectivity index (χ2v) is 7.22.